The molecule has 33 heavy (non-hydrogen) atoms. The monoisotopic (exact) mass is 454 g/mol. The molecule has 7 heteroatoms. The van der Waals surface area contributed by atoms with E-state index in [9.17, 15) is 4.79 Å². The Kier molecular flexibility index (Phi) is 6.89. The van der Waals surface area contributed by atoms with Crippen molar-refractivity contribution >= 4 is 11.9 Å². The molecule has 0 saturated carbocycles. The van der Waals surface area contributed by atoms with Gasteiger partial charge >= 0.3 is 0 Å². The Hall–Kier alpha value is -1.73. The Balaban J connectivity index is 1.13. The second-order valence-corrected chi connectivity index (χ2v) is 10.9. The normalized spacial score (nSPS) is 28.1. The van der Waals surface area contributed by atoms with Crippen molar-refractivity contribution in [2.75, 3.05) is 44.2 Å². The average molecular weight is 455 g/mol. The first-order valence-corrected chi connectivity index (χ1v) is 13.4. The molecule has 1 amide bonds. The Labute approximate surface area is 199 Å². The van der Waals surface area contributed by atoms with Crippen molar-refractivity contribution in [3.63, 3.8) is 0 Å². The van der Waals surface area contributed by atoms with Crippen LogP contribution in [0, 0.1) is 0 Å². The van der Waals surface area contributed by atoms with Gasteiger partial charge in [-0.25, -0.2) is 9.97 Å². The van der Waals surface area contributed by atoms with Crippen molar-refractivity contribution < 1.29 is 4.79 Å². The van der Waals surface area contributed by atoms with E-state index in [0.717, 1.165) is 58.1 Å². The molecule has 2 atom stereocenters. The molecule has 182 valence electrons. The maximum absolute atomic E-state index is 12.0. The third-order valence-corrected chi connectivity index (χ3v) is 8.77. The smallest absolute Gasteiger partial charge is 0.225 e. The summed E-state index contributed by atoms with van der Waals surface area (Å²) in [5.74, 6) is 1.83. The van der Waals surface area contributed by atoms with Crippen LogP contribution in [0.25, 0.3) is 0 Å². The molecule has 5 heterocycles. The fraction of sp³-hybridized carbons (Fsp3) is 0.808. The molecule has 0 aliphatic carbocycles. The molecule has 5 rings (SSSR count). The summed E-state index contributed by atoms with van der Waals surface area (Å²) in [4.78, 5) is 31.6. The zero-order chi connectivity index (χ0) is 22.9. The highest BCUT2D eigenvalue weighted by Gasteiger charge is 2.41. The summed E-state index contributed by atoms with van der Waals surface area (Å²) in [6.45, 7) is 13.0. The largest absolute Gasteiger partial charge is 0.343 e. The topological polar surface area (TPSA) is 55.8 Å². The summed E-state index contributed by atoms with van der Waals surface area (Å²) < 4.78 is 0. The molecule has 1 aromatic rings. The molecule has 0 aromatic carbocycles. The van der Waals surface area contributed by atoms with Gasteiger partial charge in [0, 0.05) is 69.2 Å². The van der Waals surface area contributed by atoms with Crippen LogP contribution in [-0.4, -0.2) is 94.0 Å². The molecule has 2 bridgehead atoms. The van der Waals surface area contributed by atoms with Gasteiger partial charge in [0.25, 0.3) is 0 Å². The van der Waals surface area contributed by atoms with Crippen molar-refractivity contribution in [2.24, 2.45) is 0 Å². The summed E-state index contributed by atoms with van der Waals surface area (Å²) >= 11 is 0. The third-order valence-electron chi connectivity index (χ3n) is 8.77. The molecular weight excluding hydrogens is 412 g/mol. The fourth-order valence-electron chi connectivity index (χ4n) is 6.66. The molecule has 4 aliphatic rings. The van der Waals surface area contributed by atoms with E-state index in [2.05, 4.69) is 45.8 Å². The Morgan fingerprint density at radius 3 is 2.06 bits per heavy atom. The van der Waals surface area contributed by atoms with Gasteiger partial charge in [0.05, 0.1) is 0 Å². The van der Waals surface area contributed by atoms with Crippen LogP contribution in [0.2, 0.25) is 0 Å². The van der Waals surface area contributed by atoms with Crippen LogP contribution in [0.3, 0.4) is 0 Å². The number of anilines is 1. The molecule has 1 aromatic heterocycles. The van der Waals surface area contributed by atoms with E-state index in [-0.39, 0.29) is 0 Å². The lowest BCUT2D eigenvalue weighted by Gasteiger charge is -2.43. The number of nitrogens with zero attached hydrogens (tertiary/aromatic N) is 6. The number of piperidine rings is 2. The predicted octanol–water partition coefficient (Wildman–Crippen LogP) is 3.12. The number of hydrogen-bond donors (Lipinski definition) is 0. The first kappa shape index (κ1) is 23.0. The van der Waals surface area contributed by atoms with E-state index in [4.69, 9.17) is 9.97 Å². The van der Waals surface area contributed by atoms with Gasteiger partial charge in [-0.1, -0.05) is 6.92 Å². The highest BCUT2D eigenvalue weighted by molar-refractivity contribution is 5.75. The number of aromatic nitrogens is 2. The summed E-state index contributed by atoms with van der Waals surface area (Å²) in [6.07, 6.45) is 12.0. The van der Waals surface area contributed by atoms with Crippen LogP contribution in [0.5, 0.6) is 0 Å². The van der Waals surface area contributed by atoms with Gasteiger partial charge in [0.1, 0.15) is 0 Å². The van der Waals surface area contributed by atoms with Gasteiger partial charge in [-0.3, -0.25) is 9.69 Å². The molecular formula is C26H42N6O. The maximum atomic E-state index is 12.0. The highest BCUT2D eigenvalue weighted by Crippen LogP contribution is 2.35. The average Bonchev–Trinajstić information content (AvgIpc) is 3.12. The van der Waals surface area contributed by atoms with E-state index in [1.165, 1.54) is 31.2 Å². The number of rotatable bonds is 5. The molecule has 4 aliphatic heterocycles. The molecule has 4 saturated heterocycles. The van der Waals surface area contributed by atoms with Gasteiger partial charge in [-0.15, -0.1) is 0 Å². The highest BCUT2D eigenvalue weighted by atomic mass is 16.2. The first-order valence-electron chi connectivity index (χ1n) is 13.4. The van der Waals surface area contributed by atoms with Crippen molar-refractivity contribution in [1.82, 2.24) is 24.7 Å². The molecule has 7 nitrogen and oxygen atoms in total. The van der Waals surface area contributed by atoms with Crippen LogP contribution < -0.4 is 4.90 Å². The molecule has 4 fully saturated rings. The van der Waals surface area contributed by atoms with Gasteiger partial charge in [-0.2, -0.15) is 0 Å². The minimum atomic E-state index is 0.311. The number of hydrogen-bond acceptors (Lipinski definition) is 6. The Morgan fingerprint density at radius 2 is 1.52 bits per heavy atom. The van der Waals surface area contributed by atoms with Gasteiger partial charge in [0.2, 0.25) is 11.9 Å². The van der Waals surface area contributed by atoms with Crippen LogP contribution in [0.4, 0.5) is 5.95 Å². The fourth-order valence-corrected chi connectivity index (χ4v) is 6.66. The van der Waals surface area contributed by atoms with Crippen molar-refractivity contribution in [2.45, 2.75) is 95.8 Å². The number of piperazine rings is 1. The van der Waals surface area contributed by atoms with Gasteiger partial charge < -0.3 is 14.7 Å². The number of fused-ring (bicyclic) bond motifs is 2. The number of carbonyl (C=O) groups is 1. The van der Waals surface area contributed by atoms with E-state index in [1.807, 2.05) is 6.92 Å². The minimum absolute atomic E-state index is 0.311. The standard InChI is InChI=1S/C26H42N6O/c1-4-25(33)30-13-9-22(10-14-30)29-11-7-20(8-12-29)21-15-27-26(28-16-21)32-23-5-6-24(32)18-31(17-23)19(2)3/h15-16,19-20,22-24H,4-14,17-18H2,1-3H3. The number of amides is 1. The van der Waals surface area contributed by atoms with Crippen LogP contribution >= 0.6 is 0 Å². The van der Waals surface area contributed by atoms with Crippen molar-refractivity contribution in [3.05, 3.63) is 18.0 Å². The first-order chi connectivity index (χ1) is 16.0. The molecule has 0 N–H and O–H groups in total. The van der Waals surface area contributed by atoms with Gasteiger partial charge in [0.15, 0.2) is 0 Å². The minimum Gasteiger partial charge on any atom is -0.343 e. The maximum Gasteiger partial charge on any atom is 0.225 e. The van der Waals surface area contributed by atoms with E-state index < -0.39 is 0 Å². The summed E-state index contributed by atoms with van der Waals surface area (Å²) in [7, 11) is 0. The van der Waals surface area contributed by atoms with Crippen molar-refractivity contribution in [1.29, 1.82) is 0 Å². The lowest BCUT2D eigenvalue weighted by molar-refractivity contribution is -0.132. The SMILES string of the molecule is CCC(=O)N1CCC(N2CCC(c3cnc(N4C5CCC4CN(C(C)C)C5)nc3)CC2)CC1. The number of carbonyl (C=O) groups excluding carboxylic acids is 1. The second kappa shape index (κ2) is 9.87. The Bertz CT molecular complexity index is 784. The number of likely N-dealkylation sites (tertiary alicyclic amines) is 3. The van der Waals surface area contributed by atoms with E-state index in [1.54, 1.807) is 0 Å². The molecule has 2 unspecified atom stereocenters. The zero-order valence-electron chi connectivity index (χ0n) is 20.8. The van der Waals surface area contributed by atoms with Crippen LogP contribution in [-0.2, 0) is 4.79 Å². The summed E-state index contributed by atoms with van der Waals surface area (Å²) in [5, 5.41) is 0. The zero-order valence-corrected chi connectivity index (χ0v) is 20.8. The lowest BCUT2D eigenvalue weighted by Crippen LogP contribution is -2.56. The van der Waals surface area contributed by atoms with E-state index >= 15 is 0 Å². The van der Waals surface area contributed by atoms with Crippen LogP contribution in [0.15, 0.2) is 12.4 Å². The second-order valence-electron chi connectivity index (χ2n) is 10.9. The van der Waals surface area contributed by atoms with Gasteiger partial charge in [-0.05, 0) is 76.9 Å². The Morgan fingerprint density at radius 1 is 0.909 bits per heavy atom. The summed E-state index contributed by atoms with van der Waals surface area (Å²) in [6, 6.07) is 2.40. The molecule has 0 radical (unpaired) electrons. The third kappa shape index (κ3) is 4.76. The summed E-state index contributed by atoms with van der Waals surface area (Å²) in [5.41, 5.74) is 1.31. The van der Waals surface area contributed by atoms with E-state index in [0.29, 0.717) is 42.4 Å². The lowest BCUT2D eigenvalue weighted by atomic mass is 9.89. The van der Waals surface area contributed by atoms with Crippen LogP contribution in [0.1, 0.15) is 77.2 Å². The predicted molar refractivity (Wildman–Crippen MR) is 131 cm³/mol. The molecule has 0 spiro atoms. The quantitative estimate of drug-likeness (QED) is 0.681. The van der Waals surface area contributed by atoms with Crippen molar-refractivity contribution in [3.8, 4) is 0 Å².